The third-order valence-corrected chi connectivity index (χ3v) is 4.52. The molecule has 0 aromatic heterocycles. The summed E-state index contributed by atoms with van der Waals surface area (Å²) in [6.45, 7) is 0.0620. The molecule has 3 aromatic carbocycles. The summed E-state index contributed by atoms with van der Waals surface area (Å²) >= 11 is 0. The molecule has 6 heteroatoms. The van der Waals surface area contributed by atoms with E-state index < -0.39 is 11.8 Å². The van der Waals surface area contributed by atoms with Crippen molar-refractivity contribution in [1.82, 2.24) is 4.90 Å². The number of carbonyl (C=O) groups is 3. The summed E-state index contributed by atoms with van der Waals surface area (Å²) in [4.78, 5) is 38.8. The Balaban J connectivity index is 1.56. The summed E-state index contributed by atoms with van der Waals surface area (Å²) in [6.07, 6.45) is 0. The monoisotopic (exact) mass is 372 g/mol. The van der Waals surface area contributed by atoms with Crippen LogP contribution in [0.4, 0.5) is 5.69 Å². The number of benzene rings is 3. The number of anilines is 1. The van der Waals surface area contributed by atoms with Gasteiger partial charge < -0.3 is 10.4 Å². The molecular formula is C22H16N2O4. The van der Waals surface area contributed by atoms with Crippen molar-refractivity contribution in [3.8, 4) is 5.75 Å². The van der Waals surface area contributed by atoms with Crippen molar-refractivity contribution in [3.05, 3.63) is 95.1 Å². The van der Waals surface area contributed by atoms with Crippen LogP contribution in [-0.4, -0.2) is 27.7 Å². The second-order valence-corrected chi connectivity index (χ2v) is 6.45. The lowest BCUT2D eigenvalue weighted by Gasteiger charge is -2.13. The molecule has 0 bridgehead atoms. The van der Waals surface area contributed by atoms with Crippen LogP contribution in [0.5, 0.6) is 5.75 Å². The third kappa shape index (κ3) is 3.23. The molecule has 0 fully saturated rings. The second-order valence-electron chi connectivity index (χ2n) is 6.45. The van der Waals surface area contributed by atoms with Crippen molar-refractivity contribution in [3.63, 3.8) is 0 Å². The van der Waals surface area contributed by atoms with Crippen molar-refractivity contribution in [2.24, 2.45) is 0 Å². The van der Waals surface area contributed by atoms with E-state index in [1.807, 2.05) is 6.07 Å². The Bertz CT molecular complexity index is 1090. The zero-order valence-corrected chi connectivity index (χ0v) is 14.8. The van der Waals surface area contributed by atoms with Gasteiger partial charge in [0.15, 0.2) is 0 Å². The fourth-order valence-corrected chi connectivity index (χ4v) is 3.14. The van der Waals surface area contributed by atoms with Gasteiger partial charge >= 0.3 is 0 Å². The first-order valence-electron chi connectivity index (χ1n) is 8.67. The van der Waals surface area contributed by atoms with Crippen LogP contribution in [0.3, 0.4) is 0 Å². The van der Waals surface area contributed by atoms with E-state index in [-0.39, 0.29) is 23.8 Å². The molecule has 138 valence electrons. The second kappa shape index (κ2) is 7.00. The van der Waals surface area contributed by atoms with Crippen molar-refractivity contribution >= 4 is 23.4 Å². The first-order chi connectivity index (χ1) is 13.5. The predicted molar refractivity (Wildman–Crippen MR) is 103 cm³/mol. The molecule has 6 nitrogen and oxygen atoms in total. The smallest absolute Gasteiger partial charge is 0.261 e. The number of phenols is 1. The predicted octanol–water partition coefficient (Wildman–Crippen LogP) is 3.44. The van der Waals surface area contributed by atoms with Crippen LogP contribution in [0.2, 0.25) is 0 Å². The molecule has 4 rings (SSSR count). The summed E-state index contributed by atoms with van der Waals surface area (Å²) in [5.41, 5.74) is 2.12. The molecule has 3 amide bonds. The Hall–Kier alpha value is -3.93. The highest BCUT2D eigenvalue weighted by atomic mass is 16.3. The molecule has 2 N–H and O–H groups in total. The van der Waals surface area contributed by atoms with Gasteiger partial charge in [0.05, 0.1) is 17.7 Å². The number of amides is 3. The topological polar surface area (TPSA) is 86.7 Å². The SMILES string of the molecule is O=C(Nc1ccc2c(c1)C(=O)N(Cc1cccc(O)c1)C2=O)c1ccccc1. The van der Waals surface area contributed by atoms with E-state index in [1.165, 1.54) is 18.2 Å². The molecule has 0 spiro atoms. The van der Waals surface area contributed by atoms with E-state index in [2.05, 4.69) is 5.32 Å². The summed E-state index contributed by atoms with van der Waals surface area (Å²) in [7, 11) is 0. The van der Waals surface area contributed by atoms with Gasteiger partial charge in [-0.25, -0.2) is 0 Å². The van der Waals surface area contributed by atoms with Crippen LogP contribution in [-0.2, 0) is 6.54 Å². The molecular weight excluding hydrogens is 356 g/mol. The minimum Gasteiger partial charge on any atom is -0.508 e. The number of imide groups is 1. The minimum absolute atomic E-state index is 0.0620. The lowest BCUT2D eigenvalue weighted by Crippen LogP contribution is -2.29. The maximum atomic E-state index is 12.7. The van der Waals surface area contributed by atoms with Crippen molar-refractivity contribution in [2.45, 2.75) is 6.54 Å². The van der Waals surface area contributed by atoms with Gasteiger partial charge in [-0.15, -0.1) is 0 Å². The zero-order chi connectivity index (χ0) is 19.7. The number of nitrogens with zero attached hydrogens (tertiary/aromatic N) is 1. The van der Waals surface area contributed by atoms with Crippen molar-refractivity contribution < 1.29 is 19.5 Å². The van der Waals surface area contributed by atoms with E-state index in [9.17, 15) is 19.5 Å². The van der Waals surface area contributed by atoms with Crippen LogP contribution in [0.1, 0.15) is 36.6 Å². The molecule has 0 saturated heterocycles. The lowest BCUT2D eigenvalue weighted by atomic mass is 10.1. The number of hydrogen-bond acceptors (Lipinski definition) is 4. The summed E-state index contributed by atoms with van der Waals surface area (Å²) in [5.74, 6) is -1.06. The average molecular weight is 372 g/mol. The number of rotatable bonds is 4. The molecule has 0 saturated carbocycles. The van der Waals surface area contributed by atoms with E-state index in [1.54, 1.807) is 48.5 Å². The fraction of sp³-hybridized carbons (Fsp3) is 0.0455. The number of aromatic hydroxyl groups is 1. The molecule has 1 heterocycles. The van der Waals surface area contributed by atoms with Crippen LogP contribution in [0, 0.1) is 0 Å². The van der Waals surface area contributed by atoms with Crippen LogP contribution >= 0.6 is 0 Å². The van der Waals surface area contributed by atoms with E-state index in [0.29, 0.717) is 22.4 Å². The molecule has 1 aliphatic heterocycles. The molecule has 0 atom stereocenters. The maximum Gasteiger partial charge on any atom is 0.261 e. The Kier molecular flexibility index (Phi) is 4.37. The van der Waals surface area contributed by atoms with Gasteiger partial charge in [-0.05, 0) is 48.0 Å². The fourth-order valence-electron chi connectivity index (χ4n) is 3.14. The minimum atomic E-state index is -0.431. The van der Waals surface area contributed by atoms with Crippen LogP contribution < -0.4 is 5.32 Å². The molecule has 0 aliphatic carbocycles. The molecule has 0 unspecified atom stereocenters. The Morgan fingerprint density at radius 1 is 0.857 bits per heavy atom. The van der Waals surface area contributed by atoms with Crippen molar-refractivity contribution in [2.75, 3.05) is 5.32 Å². The Labute approximate surface area is 161 Å². The van der Waals surface area contributed by atoms with Gasteiger partial charge in [-0.3, -0.25) is 19.3 Å². The maximum absolute atomic E-state index is 12.7. The highest BCUT2D eigenvalue weighted by molar-refractivity contribution is 6.22. The van der Waals surface area contributed by atoms with Crippen LogP contribution in [0.25, 0.3) is 0 Å². The zero-order valence-electron chi connectivity index (χ0n) is 14.8. The normalized spacial score (nSPS) is 12.8. The quantitative estimate of drug-likeness (QED) is 0.687. The van der Waals surface area contributed by atoms with E-state index >= 15 is 0 Å². The standard InChI is InChI=1S/C22H16N2O4/c25-17-8-4-5-14(11-17)13-24-21(27)18-10-9-16(12-19(18)22(24)28)23-20(26)15-6-2-1-3-7-15/h1-12,25H,13H2,(H,23,26). The largest absolute Gasteiger partial charge is 0.508 e. The van der Waals surface area contributed by atoms with Gasteiger partial charge in [-0.2, -0.15) is 0 Å². The highest BCUT2D eigenvalue weighted by Crippen LogP contribution is 2.28. The van der Waals surface area contributed by atoms with Gasteiger partial charge in [0.1, 0.15) is 5.75 Å². The van der Waals surface area contributed by atoms with Gasteiger partial charge in [0, 0.05) is 11.3 Å². The third-order valence-electron chi connectivity index (χ3n) is 4.52. The van der Waals surface area contributed by atoms with Crippen LogP contribution in [0.15, 0.2) is 72.8 Å². The summed E-state index contributed by atoms with van der Waals surface area (Å²) in [6, 6.07) is 19.8. The van der Waals surface area contributed by atoms with E-state index in [4.69, 9.17) is 0 Å². The molecule has 1 aliphatic rings. The average Bonchev–Trinajstić information content (AvgIpc) is 2.93. The summed E-state index contributed by atoms with van der Waals surface area (Å²) in [5, 5.41) is 12.3. The van der Waals surface area contributed by atoms with Gasteiger partial charge in [0.2, 0.25) is 0 Å². The number of nitrogens with one attached hydrogen (secondary N) is 1. The van der Waals surface area contributed by atoms with E-state index in [0.717, 1.165) is 4.90 Å². The Morgan fingerprint density at radius 3 is 2.36 bits per heavy atom. The number of hydrogen-bond donors (Lipinski definition) is 2. The van der Waals surface area contributed by atoms with Crippen molar-refractivity contribution in [1.29, 1.82) is 0 Å². The number of fused-ring (bicyclic) bond motifs is 1. The first-order valence-corrected chi connectivity index (χ1v) is 8.67. The van der Waals surface area contributed by atoms with Gasteiger partial charge in [0.25, 0.3) is 17.7 Å². The lowest BCUT2D eigenvalue weighted by molar-refractivity contribution is 0.0641. The number of carbonyl (C=O) groups excluding carboxylic acids is 3. The molecule has 3 aromatic rings. The molecule has 28 heavy (non-hydrogen) atoms. The summed E-state index contributed by atoms with van der Waals surface area (Å²) < 4.78 is 0. The first kappa shape index (κ1) is 17.5. The highest BCUT2D eigenvalue weighted by Gasteiger charge is 2.35. The Morgan fingerprint density at radius 2 is 1.61 bits per heavy atom. The van der Waals surface area contributed by atoms with Gasteiger partial charge in [-0.1, -0.05) is 30.3 Å². The molecule has 0 radical (unpaired) electrons. The number of phenolic OH excluding ortho intramolecular Hbond substituents is 1.